The van der Waals surface area contributed by atoms with Gasteiger partial charge in [0.1, 0.15) is 23.7 Å². The predicted octanol–water partition coefficient (Wildman–Crippen LogP) is 4.11. The van der Waals surface area contributed by atoms with Gasteiger partial charge in [-0.25, -0.2) is 14.5 Å². The van der Waals surface area contributed by atoms with E-state index in [4.69, 9.17) is 14.6 Å². The number of rotatable bonds is 10. The molecule has 0 unspecified atom stereocenters. The van der Waals surface area contributed by atoms with Crippen molar-refractivity contribution >= 4 is 12.1 Å². The van der Waals surface area contributed by atoms with Crippen LogP contribution in [0, 0.1) is 12.8 Å². The minimum Gasteiger partial charge on any atom is -0.489 e. The summed E-state index contributed by atoms with van der Waals surface area (Å²) < 4.78 is 13.4. The van der Waals surface area contributed by atoms with Gasteiger partial charge in [0.05, 0.1) is 17.5 Å². The van der Waals surface area contributed by atoms with Gasteiger partial charge in [0.15, 0.2) is 0 Å². The molecule has 2 aliphatic carbocycles. The zero-order valence-corrected chi connectivity index (χ0v) is 21.0. The zero-order valence-electron chi connectivity index (χ0n) is 21.0. The van der Waals surface area contributed by atoms with Gasteiger partial charge in [-0.05, 0) is 63.5 Å². The van der Waals surface area contributed by atoms with E-state index in [1.54, 1.807) is 16.6 Å². The second-order valence-corrected chi connectivity index (χ2v) is 9.89. The molecule has 4 rings (SSSR count). The molecule has 2 saturated carbocycles. The van der Waals surface area contributed by atoms with Crippen molar-refractivity contribution in [2.45, 2.75) is 83.5 Å². The van der Waals surface area contributed by atoms with Crippen LogP contribution in [0.4, 0.5) is 4.79 Å². The highest BCUT2D eigenvalue weighted by Crippen LogP contribution is 2.45. The number of carbonyl (C=O) groups excluding carboxylic acids is 1. The Morgan fingerprint density at radius 3 is 2.71 bits per heavy atom. The number of aryl methyl sites for hydroxylation is 2. The Kier molecular flexibility index (Phi) is 7.28. The van der Waals surface area contributed by atoms with Crippen LogP contribution in [-0.2, 0) is 23.2 Å². The number of carboxylic acids is 1. The maximum Gasteiger partial charge on any atom is 0.410 e. The molecule has 2 atom stereocenters. The summed E-state index contributed by atoms with van der Waals surface area (Å²) in [5.74, 6) is 0.0764. The van der Waals surface area contributed by atoms with Gasteiger partial charge in [-0.2, -0.15) is 0 Å². The Balaban J connectivity index is 1.40. The molecule has 190 valence electrons. The second-order valence-electron chi connectivity index (χ2n) is 9.89. The summed E-state index contributed by atoms with van der Waals surface area (Å²) in [4.78, 5) is 30.1. The van der Waals surface area contributed by atoms with E-state index in [1.807, 2.05) is 26.1 Å². The topological polar surface area (TPSA) is 120 Å². The molecule has 2 aliphatic rings. The number of hydrogen-bond donors (Lipinski definition) is 1. The lowest BCUT2D eigenvalue weighted by molar-refractivity contribution is -0.138. The van der Waals surface area contributed by atoms with Crippen LogP contribution in [0.2, 0.25) is 0 Å². The van der Waals surface area contributed by atoms with Crippen LogP contribution in [0.1, 0.15) is 69.7 Å². The molecule has 10 nitrogen and oxygen atoms in total. The van der Waals surface area contributed by atoms with Crippen molar-refractivity contribution < 1.29 is 24.2 Å². The second kappa shape index (κ2) is 10.2. The quantitative estimate of drug-likeness (QED) is 0.534. The maximum absolute atomic E-state index is 12.7. The van der Waals surface area contributed by atoms with Crippen LogP contribution >= 0.6 is 0 Å². The molecular formula is C25H35N5O5. The number of aliphatic carboxylic acids is 1. The SMILES string of the molecule is CCCC1(N(C)C(=O)OCc2c(-c3ccc(O[C@H]4CC[C@H](CC(=O)O)C4)c(C)n3)nnn2C)CC1. The summed E-state index contributed by atoms with van der Waals surface area (Å²) in [6.07, 6.45) is 6.33. The van der Waals surface area contributed by atoms with E-state index in [9.17, 15) is 9.59 Å². The van der Waals surface area contributed by atoms with E-state index in [2.05, 4.69) is 22.2 Å². The lowest BCUT2D eigenvalue weighted by Crippen LogP contribution is -2.39. The van der Waals surface area contributed by atoms with Gasteiger partial charge in [0.25, 0.3) is 0 Å². The van der Waals surface area contributed by atoms with Crippen molar-refractivity contribution in [2.24, 2.45) is 13.0 Å². The van der Waals surface area contributed by atoms with E-state index < -0.39 is 5.97 Å². The van der Waals surface area contributed by atoms with Gasteiger partial charge >= 0.3 is 12.1 Å². The lowest BCUT2D eigenvalue weighted by Gasteiger charge is -2.27. The van der Waals surface area contributed by atoms with Crippen molar-refractivity contribution in [3.8, 4) is 17.1 Å². The molecule has 35 heavy (non-hydrogen) atoms. The number of ether oxygens (including phenoxy) is 2. The van der Waals surface area contributed by atoms with Crippen LogP contribution in [0.5, 0.6) is 5.75 Å². The number of amides is 1. The van der Waals surface area contributed by atoms with Gasteiger partial charge in [-0.1, -0.05) is 18.6 Å². The minimum absolute atomic E-state index is 0.00310. The Hall–Kier alpha value is -3.17. The Labute approximate surface area is 205 Å². The number of hydrogen-bond acceptors (Lipinski definition) is 7. The molecular weight excluding hydrogens is 450 g/mol. The Morgan fingerprint density at radius 1 is 1.29 bits per heavy atom. The third-order valence-electron chi connectivity index (χ3n) is 7.33. The first-order valence-electron chi connectivity index (χ1n) is 12.4. The first kappa shape index (κ1) is 24.9. The van der Waals surface area contributed by atoms with Crippen molar-refractivity contribution in [3.05, 3.63) is 23.5 Å². The van der Waals surface area contributed by atoms with Crippen molar-refractivity contribution in [3.63, 3.8) is 0 Å². The van der Waals surface area contributed by atoms with Crippen LogP contribution in [-0.4, -0.2) is 60.7 Å². The van der Waals surface area contributed by atoms with E-state index in [0.29, 0.717) is 28.5 Å². The number of nitrogens with zero attached hydrogens (tertiary/aromatic N) is 5. The van der Waals surface area contributed by atoms with Crippen molar-refractivity contribution in [2.75, 3.05) is 7.05 Å². The zero-order chi connectivity index (χ0) is 25.2. The summed E-state index contributed by atoms with van der Waals surface area (Å²) in [5, 5.41) is 17.4. The predicted molar refractivity (Wildman–Crippen MR) is 128 cm³/mol. The first-order chi connectivity index (χ1) is 16.7. The summed E-state index contributed by atoms with van der Waals surface area (Å²) in [6, 6.07) is 3.69. The normalized spacial score (nSPS) is 20.5. The highest BCUT2D eigenvalue weighted by Gasteiger charge is 2.48. The van der Waals surface area contributed by atoms with Gasteiger partial charge < -0.3 is 19.5 Å². The van der Waals surface area contributed by atoms with Crippen molar-refractivity contribution in [1.29, 1.82) is 0 Å². The van der Waals surface area contributed by atoms with Gasteiger partial charge in [-0.3, -0.25) is 4.79 Å². The average Bonchev–Trinajstić information content (AvgIpc) is 3.32. The fourth-order valence-electron chi connectivity index (χ4n) is 5.07. The molecule has 0 bridgehead atoms. The van der Waals surface area contributed by atoms with Gasteiger partial charge in [0, 0.05) is 26.1 Å². The molecule has 2 aromatic heterocycles. The van der Waals surface area contributed by atoms with Crippen LogP contribution < -0.4 is 4.74 Å². The lowest BCUT2D eigenvalue weighted by atomic mass is 10.0. The molecule has 2 heterocycles. The molecule has 1 N–H and O–H groups in total. The maximum atomic E-state index is 12.7. The van der Waals surface area contributed by atoms with Crippen LogP contribution in [0.25, 0.3) is 11.4 Å². The largest absolute Gasteiger partial charge is 0.489 e. The first-order valence-corrected chi connectivity index (χ1v) is 12.4. The van der Waals surface area contributed by atoms with Crippen molar-refractivity contribution in [1.82, 2.24) is 24.9 Å². The fraction of sp³-hybridized carbons (Fsp3) is 0.640. The van der Waals surface area contributed by atoms with Gasteiger partial charge in [0.2, 0.25) is 0 Å². The van der Waals surface area contributed by atoms with E-state index in [0.717, 1.165) is 44.9 Å². The summed E-state index contributed by atoms with van der Waals surface area (Å²) >= 11 is 0. The number of carbonyl (C=O) groups is 2. The molecule has 2 fully saturated rings. The molecule has 10 heteroatoms. The van der Waals surface area contributed by atoms with Gasteiger partial charge in [-0.15, -0.1) is 5.10 Å². The molecule has 1 amide bonds. The van der Waals surface area contributed by atoms with E-state index in [1.165, 1.54) is 0 Å². The Bertz CT molecular complexity index is 1080. The number of aromatic nitrogens is 4. The molecule has 2 aromatic rings. The minimum atomic E-state index is -0.761. The third kappa shape index (κ3) is 5.57. The highest BCUT2D eigenvalue weighted by atomic mass is 16.6. The molecule has 0 aliphatic heterocycles. The fourth-order valence-corrected chi connectivity index (χ4v) is 5.07. The smallest absolute Gasteiger partial charge is 0.410 e. The molecule has 0 radical (unpaired) electrons. The summed E-state index contributed by atoms with van der Waals surface area (Å²) in [5.41, 5.74) is 2.52. The molecule has 0 aromatic carbocycles. The number of carboxylic acid groups (broad SMARTS) is 1. The Morgan fingerprint density at radius 2 is 2.06 bits per heavy atom. The van der Waals surface area contributed by atoms with Crippen LogP contribution in [0.3, 0.4) is 0 Å². The third-order valence-corrected chi connectivity index (χ3v) is 7.33. The average molecular weight is 486 g/mol. The van der Waals surface area contributed by atoms with Crippen LogP contribution in [0.15, 0.2) is 12.1 Å². The molecule has 0 spiro atoms. The van der Waals surface area contributed by atoms with E-state index in [-0.39, 0.29) is 36.7 Å². The monoisotopic (exact) mass is 485 g/mol. The standard InChI is InChI=1S/C25H35N5O5/c1-5-10-25(11-12-25)29(3)24(33)34-15-20-23(27-28-30(20)4)19-8-9-21(16(2)26-19)35-18-7-6-17(13-18)14-22(31)32/h8-9,17-18H,5-7,10-15H2,1-4H3,(H,31,32)/t17-,18-/m0/s1. The van der Waals surface area contributed by atoms with E-state index >= 15 is 0 Å². The summed E-state index contributed by atoms with van der Waals surface area (Å²) in [6.45, 7) is 4.05. The summed E-state index contributed by atoms with van der Waals surface area (Å²) in [7, 11) is 3.58. The highest BCUT2D eigenvalue weighted by molar-refractivity contribution is 5.69. The number of pyridine rings is 1. The molecule has 0 saturated heterocycles.